The molecular formula is C15H22BrNO. The van der Waals surface area contributed by atoms with Crippen molar-refractivity contribution in [1.29, 1.82) is 0 Å². The molecule has 0 heterocycles. The molecule has 1 rings (SSSR count). The van der Waals surface area contributed by atoms with Crippen molar-refractivity contribution < 1.29 is 4.79 Å². The van der Waals surface area contributed by atoms with Crippen molar-refractivity contribution in [3.8, 4) is 0 Å². The topological polar surface area (TPSA) is 29.1 Å². The third-order valence-corrected chi connectivity index (χ3v) is 3.27. The van der Waals surface area contributed by atoms with Crippen LogP contribution >= 0.6 is 15.9 Å². The highest BCUT2D eigenvalue weighted by atomic mass is 79.9. The molecule has 0 aliphatic rings. The van der Waals surface area contributed by atoms with E-state index in [0.717, 1.165) is 30.3 Å². The van der Waals surface area contributed by atoms with E-state index in [4.69, 9.17) is 0 Å². The molecule has 0 spiro atoms. The summed E-state index contributed by atoms with van der Waals surface area (Å²) in [6.45, 7) is 2.18. The number of anilines is 1. The molecule has 0 saturated heterocycles. The van der Waals surface area contributed by atoms with Crippen molar-refractivity contribution in [2.45, 2.75) is 45.4 Å². The summed E-state index contributed by atoms with van der Waals surface area (Å²) < 4.78 is 0. The summed E-state index contributed by atoms with van der Waals surface area (Å²) in [6, 6.07) is 8.08. The maximum atomic E-state index is 11.7. The SMILES string of the molecule is CCCCCCC(=O)Nc1ccc(CCBr)cc1. The Kier molecular flexibility index (Phi) is 7.74. The summed E-state index contributed by atoms with van der Waals surface area (Å²) in [5.41, 5.74) is 2.18. The van der Waals surface area contributed by atoms with Gasteiger partial charge in [0.1, 0.15) is 0 Å². The lowest BCUT2D eigenvalue weighted by Crippen LogP contribution is -2.10. The molecule has 1 aromatic rings. The molecule has 0 saturated carbocycles. The molecule has 100 valence electrons. The maximum Gasteiger partial charge on any atom is 0.224 e. The second-order valence-corrected chi connectivity index (χ2v) is 5.29. The van der Waals surface area contributed by atoms with Crippen LogP contribution in [-0.2, 0) is 11.2 Å². The van der Waals surface area contributed by atoms with Gasteiger partial charge in [0.2, 0.25) is 5.91 Å². The van der Waals surface area contributed by atoms with E-state index < -0.39 is 0 Å². The van der Waals surface area contributed by atoms with E-state index >= 15 is 0 Å². The predicted octanol–water partition coefficient (Wildman–Crippen LogP) is 4.53. The molecule has 1 aromatic carbocycles. The van der Waals surface area contributed by atoms with E-state index in [0.29, 0.717) is 6.42 Å². The average molecular weight is 312 g/mol. The summed E-state index contributed by atoms with van der Waals surface area (Å²) in [5.74, 6) is 0.124. The minimum absolute atomic E-state index is 0.124. The Labute approximate surface area is 118 Å². The number of hydrogen-bond acceptors (Lipinski definition) is 1. The molecule has 2 nitrogen and oxygen atoms in total. The third kappa shape index (κ3) is 6.20. The molecule has 0 aliphatic carbocycles. The maximum absolute atomic E-state index is 11.7. The molecule has 3 heteroatoms. The average Bonchev–Trinajstić information content (AvgIpc) is 2.37. The Morgan fingerprint density at radius 1 is 1.17 bits per heavy atom. The van der Waals surface area contributed by atoms with Crippen LogP contribution in [0.25, 0.3) is 0 Å². The zero-order valence-electron chi connectivity index (χ0n) is 11.0. The first kappa shape index (κ1) is 15.2. The van der Waals surface area contributed by atoms with E-state index in [2.05, 4.69) is 40.3 Å². The van der Waals surface area contributed by atoms with Gasteiger partial charge in [0.25, 0.3) is 0 Å². The number of amides is 1. The molecule has 0 aliphatic heterocycles. The Balaban J connectivity index is 2.30. The minimum atomic E-state index is 0.124. The first-order valence-electron chi connectivity index (χ1n) is 6.71. The number of benzene rings is 1. The van der Waals surface area contributed by atoms with Gasteiger partial charge in [-0.3, -0.25) is 4.79 Å². The first-order valence-corrected chi connectivity index (χ1v) is 7.83. The van der Waals surface area contributed by atoms with Crippen LogP contribution in [0.3, 0.4) is 0 Å². The third-order valence-electron chi connectivity index (χ3n) is 2.88. The normalized spacial score (nSPS) is 10.3. The number of carbonyl (C=O) groups excluding carboxylic acids is 1. The van der Waals surface area contributed by atoms with Crippen molar-refractivity contribution in [2.24, 2.45) is 0 Å². The van der Waals surface area contributed by atoms with Gasteiger partial charge in [0.15, 0.2) is 0 Å². The van der Waals surface area contributed by atoms with Gasteiger partial charge < -0.3 is 5.32 Å². The number of hydrogen-bond donors (Lipinski definition) is 1. The Bertz CT molecular complexity index is 348. The lowest BCUT2D eigenvalue weighted by Gasteiger charge is -2.06. The van der Waals surface area contributed by atoms with Crippen LogP contribution < -0.4 is 5.32 Å². The van der Waals surface area contributed by atoms with Crippen LogP contribution in [0.15, 0.2) is 24.3 Å². The van der Waals surface area contributed by atoms with Gasteiger partial charge in [-0.05, 0) is 30.5 Å². The highest BCUT2D eigenvalue weighted by Gasteiger charge is 2.02. The summed E-state index contributed by atoms with van der Waals surface area (Å²) in [4.78, 5) is 11.7. The molecule has 0 atom stereocenters. The largest absolute Gasteiger partial charge is 0.326 e. The fourth-order valence-electron chi connectivity index (χ4n) is 1.80. The standard InChI is InChI=1S/C15H22BrNO/c1-2-3-4-5-6-15(18)17-14-9-7-13(8-10-14)11-12-16/h7-10H,2-6,11-12H2,1H3,(H,17,18). The van der Waals surface area contributed by atoms with Crippen LogP contribution in [0.2, 0.25) is 0 Å². The van der Waals surface area contributed by atoms with Crippen molar-refractivity contribution in [1.82, 2.24) is 0 Å². The molecule has 0 unspecified atom stereocenters. The number of nitrogens with one attached hydrogen (secondary N) is 1. The number of rotatable bonds is 8. The van der Waals surface area contributed by atoms with Crippen molar-refractivity contribution in [3.05, 3.63) is 29.8 Å². The second kappa shape index (κ2) is 9.15. The van der Waals surface area contributed by atoms with Crippen LogP contribution in [0.1, 0.15) is 44.6 Å². The van der Waals surface area contributed by atoms with Gasteiger partial charge in [-0.2, -0.15) is 0 Å². The number of unbranched alkanes of at least 4 members (excludes halogenated alkanes) is 3. The van der Waals surface area contributed by atoms with E-state index in [9.17, 15) is 4.79 Å². The highest BCUT2D eigenvalue weighted by Crippen LogP contribution is 2.12. The van der Waals surface area contributed by atoms with E-state index in [1.54, 1.807) is 0 Å². The summed E-state index contributed by atoms with van der Waals surface area (Å²) in [6.07, 6.45) is 6.20. The molecule has 1 amide bonds. The van der Waals surface area contributed by atoms with Gasteiger partial charge in [-0.1, -0.05) is 54.2 Å². The first-order chi connectivity index (χ1) is 8.76. The van der Waals surface area contributed by atoms with Crippen molar-refractivity contribution >= 4 is 27.5 Å². The number of aryl methyl sites for hydroxylation is 1. The highest BCUT2D eigenvalue weighted by molar-refractivity contribution is 9.09. The molecule has 18 heavy (non-hydrogen) atoms. The minimum Gasteiger partial charge on any atom is -0.326 e. The molecule has 0 fully saturated rings. The van der Waals surface area contributed by atoms with Crippen molar-refractivity contribution in [3.63, 3.8) is 0 Å². The van der Waals surface area contributed by atoms with Gasteiger partial charge >= 0.3 is 0 Å². The van der Waals surface area contributed by atoms with Crippen LogP contribution in [0.4, 0.5) is 5.69 Å². The van der Waals surface area contributed by atoms with Crippen LogP contribution in [-0.4, -0.2) is 11.2 Å². The number of halogens is 1. The predicted molar refractivity (Wildman–Crippen MR) is 81.3 cm³/mol. The molecule has 0 bridgehead atoms. The fraction of sp³-hybridized carbons (Fsp3) is 0.533. The molecule has 0 aromatic heterocycles. The van der Waals surface area contributed by atoms with E-state index in [1.807, 2.05) is 12.1 Å². The monoisotopic (exact) mass is 311 g/mol. The van der Waals surface area contributed by atoms with Crippen LogP contribution in [0, 0.1) is 0 Å². The Morgan fingerprint density at radius 2 is 1.89 bits per heavy atom. The number of carbonyl (C=O) groups is 1. The zero-order valence-corrected chi connectivity index (χ0v) is 12.6. The molecule has 1 N–H and O–H groups in total. The van der Waals surface area contributed by atoms with Gasteiger partial charge in [-0.25, -0.2) is 0 Å². The van der Waals surface area contributed by atoms with Gasteiger partial charge in [0.05, 0.1) is 0 Å². The fourth-order valence-corrected chi connectivity index (χ4v) is 2.26. The second-order valence-electron chi connectivity index (χ2n) is 4.49. The lowest BCUT2D eigenvalue weighted by molar-refractivity contribution is -0.116. The zero-order chi connectivity index (χ0) is 13.2. The smallest absolute Gasteiger partial charge is 0.224 e. The Morgan fingerprint density at radius 3 is 2.50 bits per heavy atom. The van der Waals surface area contributed by atoms with E-state index in [1.165, 1.54) is 18.4 Å². The lowest BCUT2D eigenvalue weighted by atomic mass is 10.1. The summed E-state index contributed by atoms with van der Waals surface area (Å²) in [7, 11) is 0. The van der Waals surface area contributed by atoms with Gasteiger partial charge in [0, 0.05) is 17.4 Å². The summed E-state index contributed by atoms with van der Waals surface area (Å²) >= 11 is 3.42. The van der Waals surface area contributed by atoms with Crippen molar-refractivity contribution in [2.75, 3.05) is 10.6 Å². The van der Waals surface area contributed by atoms with Gasteiger partial charge in [-0.15, -0.1) is 0 Å². The quantitative estimate of drug-likeness (QED) is 0.554. The summed E-state index contributed by atoms with van der Waals surface area (Å²) in [5, 5.41) is 3.91. The Hall–Kier alpha value is -0.830. The van der Waals surface area contributed by atoms with E-state index in [-0.39, 0.29) is 5.91 Å². The molecular weight excluding hydrogens is 290 g/mol. The van der Waals surface area contributed by atoms with Crippen LogP contribution in [0.5, 0.6) is 0 Å². The molecule has 0 radical (unpaired) electrons. The number of alkyl halides is 1.